The zero-order valence-corrected chi connectivity index (χ0v) is 19.3. The Labute approximate surface area is 192 Å². The van der Waals surface area contributed by atoms with Gasteiger partial charge in [0.05, 0.1) is 12.2 Å². The van der Waals surface area contributed by atoms with Crippen molar-refractivity contribution in [1.82, 2.24) is 9.47 Å². The largest absolute Gasteiger partial charge is 0.374 e. The summed E-state index contributed by atoms with van der Waals surface area (Å²) in [6.07, 6.45) is 10.6. The summed E-state index contributed by atoms with van der Waals surface area (Å²) in [5.74, 6) is 10.2. The normalized spacial score (nSPS) is 14.7. The first-order valence-corrected chi connectivity index (χ1v) is 11.8. The molecule has 0 spiro atoms. The summed E-state index contributed by atoms with van der Waals surface area (Å²) >= 11 is 0. The third-order valence-electron chi connectivity index (χ3n) is 6.61. The van der Waals surface area contributed by atoms with E-state index in [2.05, 4.69) is 70.8 Å². The van der Waals surface area contributed by atoms with E-state index in [0.29, 0.717) is 6.54 Å². The monoisotopic (exact) mass is 423 g/mol. The van der Waals surface area contributed by atoms with Gasteiger partial charge in [-0.2, -0.15) is 0 Å². The van der Waals surface area contributed by atoms with Crippen LogP contribution in [0.5, 0.6) is 0 Å². The number of aromatic nitrogens is 1. The van der Waals surface area contributed by atoms with Crippen LogP contribution < -0.4 is 5.32 Å². The molecule has 0 amide bonds. The average molecular weight is 424 g/mol. The minimum Gasteiger partial charge on any atom is -0.374 e. The molecule has 1 aliphatic rings. The number of hydrogen-bond donors (Lipinski definition) is 1. The molecule has 32 heavy (non-hydrogen) atoms. The van der Waals surface area contributed by atoms with E-state index >= 15 is 0 Å². The summed E-state index contributed by atoms with van der Waals surface area (Å²) in [5, 5.41) is 4.64. The molecule has 4 rings (SSSR count). The highest BCUT2D eigenvalue weighted by molar-refractivity contribution is 5.83. The molecule has 1 N–H and O–H groups in total. The number of rotatable bonds is 6. The van der Waals surface area contributed by atoms with Crippen LogP contribution in [0, 0.1) is 30.1 Å². The molecule has 3 nitrogen and oxygen atoms in total. The van der Waals surface area contributed by atoms with Gasteiger partial charge in [-0.05, 0) is 113 Å². The first-order valence-electron chi connectivity index (χ1n) is 11.8. The van der Waals surface area contributed by atoms with Crippen LogP contribution in [-0.2, 0) is 13.0 Å². The molecule has 0 unspecified atom stereocenters. The van der Waals surface area contributed by atoms with Crippen LogP contribution in [0.4, 0.5) is 5.69 Å². The number of nitrogens with one attached hydrogen (secondary N) is 1. The topological polar surface area (TPSA) is 20.2 Å². The number of likely N-dealkylation sites (tertiary alicyclic amines) is 1. The van der Waals surface area contributed by atoms with Crippen molar-refractivity contribution in [3.05, 3.63) is 65.4 Å². The van der Waals surface area contributed by atoms with E-state index in [1.807, 2.05) is 24.3 Å². The minimum atomic E-state index is 0.600. The van der Waals surface area contributed by atoms with Crippen LogP contribution in [0.15, 0.2) is 48.5 Å². The first kappa shape index (κ1) is 22.1. The van der Waals surface area contributed by atoms with Gasteiger partial charge in [-0.25, -0.2) is 0 Å². The molecule has 0 atom stereocenters. The van der Waals surface area contributed by atoms with Gasteiger partial charge in [0.2, 0.25) is 0 Å². The van der Waals surface area contributed by atoms with Crippen molar-refractivity contribution in [3.8, 4) is 24.2 Å². The van der Waals surface area contributed by atoms with Crippen molar-refractivity contribution in [2.24, 2.45) is 5.92 Å². The number of benzene rings is 2. The zero-order chi connectivity index (χ0) is 22.3. The summed E-state index contributed by atoms with van der Waals surface area (Å²) in [4.78, 5) is 2.45. The van der Waals surface area contributed by atoms with Crippen molar-refractivity contribution in [2.45, 2.75) is 39.2 Å². The van der Waals surface area contributed by atoms with Crippen molar-refractivity contribution < 1.29 is 0 Å². The highest BCUT2D eigenvalue weighted by Crippen LogP contribution is 2.25. The molecule has 2 aromatic carbocycles. The highest BCUT2D eigenvalue weighted by atomic mass is 15.1. The molecule has 0 radical (unpaired) electrons. The number of piperidine rings is 1. The fraction of sp³-hybridized carbons (Fsp3) is 0.379. The second-order valence-electron chi connectivity index (χ2n) is 8.83. The van der Waals surface area contributed by atoms with Gasteiger partial charge in [0.1, 0.15) is 0 Å². The Morgan fingerprint density at radius 3 is 2.56 bits per heavy atom. The molecule has 1 aromatic heterocycles. The first-order chi connectivity index (χ1) is 15.7. The number of nitrogens with zero attached hydrogens (tertiary/aromatic N) is 2. The Kier molecular flexibility index (Phi) is 7.21. The standard InChI is InChI=1S/C29H33N3/c1-4-23-10-13-27(14-11-23)30-18-6-7-28-22-26-21-25(12-15-29(26)32(28)5-2)9-8-24-16-19-31(3)20-17-24/h1,10-15,21-22,24,30H,5,8-9,16-20H2,2-3H3. The molecule has 0 saturated carbocycles. The van der Waals surface area contributed by atoms with E-state index in [4.69, 9.17) is 6.42 Å². The van der Waals surface area contributed by atoms with E-state index in [1.165, 1.54) is 55.2 Å². The number of anilines is 1. The number of hydrogen-bond acceptors (Lipinski definition) is 2. The van der Waals surface area contributed by atoms with E-state index in [9.17, 15) is 0 Å². The Hall–Kier alpha value is -3.14. The molecule has 3 heteroatoms. The SMILES string of the molecule is C#Cc1ccc(NCC#Cc2cc3cc(CCC4CCN(C)CC4)ccc3n2CC)cc1. The Morgan fingerprint density at radius 1 is 1.06 bits per heavy atom. The average Bonchev–Trinajstić information content (AvgIpc) is 3.18. The van der Waals surface area contributed by atoms with Gasteiger partial charge >= 0.3 is 0 Å². The smallest absolute Gasteiger partial charge is 0.0931 e. The van der Waals surface area contributed by atoms with Crippen molar-refractivity contribution in [1.29, 1.82) is 0 Å². The Morgan fingerprint density at radius 2 is 1.84 bits per heavy atom. The van der Waals surface area contributed by atoms with Gasteiger partial charge in [0.15, 0.2) is 0 Å². The molecule has 1 aliphatic heterocycles. The van der Waals surface area contributed by atoms with E-state index in [-0.39, 0.29) is 0 Å². The lowest BCUT2D eigenvalue weighted by Gasteiger charge is -2.28. The van der Waals surface area contributed by atoms with Crippen molar-refractivity contribution in [3.63, 3.8) is 0 Å². The Balaban J connectivity index is 1.40. The number of fused-ring (bicyclic) bond motifs is 1. The predicted molar refractivity (Wildman–Crippen MR) is 136 cm³/mol. The maximum Gasteiger partial charge on any atom is 0.0931 e. The van der Waals surface area contributed by atoms with E-state index in [0.717, 1.165) is 29.4 Å². The zero-order valence-electron chi connectivity index (χ0n) is 19.3. The van der Waals surface area contributed by atoms with Crippen molar-refractivity contribution >= 4 is 16.6 Å². The third-order valence-corrected chi connectivity index (χ3v) is 6.61. The second-order valence-corrected chi connectivity index (χ2v) is 8.83. The summed E-state index contributed by atoms with van der Waals surface area (Å²) in [7, 11) is 2.23. The summed E-state index contributed by atoms with van der Waals surface area (Å²) in [6.45, 7) is 6.20. The maximum absolute atomic E-state index is 5.41. The van der Waals surface area contributed by atoms with Crippen LogP contribution in [0.2, 0.25) is 0 Å². The summed E-state index contributed by atoms with van der Waals surface area (Å²) in [6, 6.07) is 17.1. The lowest BCUT2D eigenvalue weighted by atomic mass is 9.90. The lowest BCUT2D eigenvalue weighted by molar-refractivity contribution is 0.212. The van der Waals surface area contributed by atoms with Crippen LogP contribution >= 0.6 is 0 Å². The van der Waals surface area contributed by atoms with Crippen LogP contribution in [0.1, 0.15) is 43.0 Å². The predicted octanol–water partition coefficient (Wildman–Crippen LogP) is 5.38. The fourth-order valence-corrected chi connectivity index (χ4v) is 4.61. The van der Waals surface area contributed by atoms with Crippen LogP contribution in [0.25, 0.3) is 10.9 Å². The molecular formula is C29H33N3. The second kappa shape index (κ2) is 10.4. The molecule has 3 aromatic rings. The van der Waals surface area contributed by atoms with E-state index < -0.39 is 0 Å². The molecule has 0 aliphatic carbocycles. The third kappa shape index (κ3) is 5.37. The number of aryl methyl sites for hydroxylation is 2. The quantitative estimate of drug-likeness (QED) is 0.537. The minimum absolute atomic E-state index is 0.600. The maximum atomic E-state index is 5.41. The van der Waals surface area contributed by atoms with E-state index in [1.54, 1.807) is 0 Å². The van der Waals surface area contributed by atoms with Gasteiger partial charge in [0.25, 0.3) is 0 Å². The van der Waals surface area contributed by atoms with Crippen LogP contribution in [-0.4, -0.2) is 36.1 Å². The number of terminal acetylenes is 1. The highest BCUT2D eigenvalue weighted by Gasteiger charge is 2.16. The molecule has 1 saturated heterocycles. The fourth-order valence-electron chi connectivity index (χ4n) is 4.61. The van der Waals surface area contributed by atoms with Crippen molar-refractivity contribution in [2.75, 3.05) is 32.0 Å². The van der Waals surface area contributed by atoms with Gasteiger partial charge < -0.3 is 14.8 Å². The molecule has 1 fully saturated rings. The lowest BCUT2D eigenvalue weighted by Crippen LogP contribution is -2.30. The molecular weight excluding hydrogens is 390 g/mol. The molecule has 0 bridgehead atoms. The molecule has 2 heterocycles. The summed E-state index contributed by atoms with van der Waals surface area (Å²) < 4.78 is 2.31. The van der Waals surface area contributed by atoms with Gasteiger partial charge in [-0.1, -0.05) is 17.9 Å². The van der Waals surface area contributed by atoms with Gasteiger partial charge in [0, 0.05) is 28.7 Å². The molecule has 164 valence electrons. The van der Waals surface area contributed by atoms with Crippen LogP contribution in [0.3, 0.4) is 0 Å². The van der Waals surface area contributed by atoms with Gasteiger partial charge in [-0.15, -0.1) is 6.42 Å². The summed E-state index contributed by atoms with van der Waals surface area (Å²) in [5.41, 5.74) is 5.72. The Bertz CT molecular complexity index is 1140. The van der Waals surface area contributed by atoms with Gasteiger partial charge in [-0.3, -0.25) is 0 Å².